The van der Waals surface area contributed by atoms with Crippen LogP contribution in [0.25, 0.3) is 0 Å². The van der Waals surface area contributed by atoms with Gasteiger partial charge in [0.25, 0.3) is 5.91 Å². The van der Waals surface area contributed by atoms with Crippen LogP contribution in [0.4, 0.5) is 11.4 Å². The first-order valence-corrected chi connectivity index (χ1v) is 8.44. The fraction of sp³-hybridized carbons (Fsp3) is 0.250. The van der Waals surface area contributed by atoms with E-state index >= 15 is 0 Å². The molecule has 1 N–H and O–H groups in total. The van der Waals surface area contributed by atoms with Gasteiger partial charge in [-0.05, 0) is 38.1 Å². The van der Waals surface area contributed by atoms with Gasteiger partial charge >= 0.3 is 0 Å². The van der Waals surface area contributed by atoms with Crippen LogP contribution in [-0.2, 0) is 9.59 Å². The van der Waals surface area contributed by atoms with Crippen LogP contribution < -0.4 is 15.0 Å². The van der Waals surface area contributed by atoms with Gasteiger partial charge in [0.2, 0.25) is 5.91 Å². The molecule has 0 saturated carbocycles. The first-order valence-electron chi connectivity index (χ1n) is 8.44. The molecule has 0 saturated heterocycles. The van der Waals surface area contributed by atoms with Crippen molar-refractivity contribution >= 4 is 29.0 Å². The molecule has 0 aromatic heterocycles. The fourth-order valence-electron chi connectivity index (χ4n) is 2.91. The van der Waals surface area contributed by atoms with Crippen LogP contribution in [0.3, 0.4) is 0 Å². The Labute approximate surface area is 151 Å². The summed E-state index contributed by atoms with van der Waals surface area (Å²) >= 11 is 0. The summed E-state index contributed by atoms with van der Waals surface area (Å²) in [7, 11) is 0. The average molecular weight is 352 g/mol. The zero-order valence-corrected chi connectivity index (χ0v) is 14.7. The molecule has 0 bridgehead atoms. The van der Waals surface area contributed by atoms with Crippen molar-refractivity contribution in [2.75, 3.05) is 16.8 Å². The van der Waals surface area contributed by atoms with E-state index in [0.717, 1.165) is 0 Å². The standard InChI is InChI=1S/C20H20N2O4/c1-13(23)15-7-3-4-8-16(15)21-19(24)11-12-22-17-9-5-6-10-18(17)26-14(2)20(22)25/h3-10,14H,11-12H2,1-2H3,(H,21,24)/t14-/m0/s1. The first-order chi connectivity index (χ1) is 12.5. The molecular weight excluding hydrogens is 332 g/mol. The molecule has 134 valence electrons. The smallest absolute Gasteiger partial charge is 0.267 e. The highest BCUT2D eigenvalue weighted by molar-refractivity contribution is 6.04. The summed E-state index contributed by atoms with van der Waals surface area (Å²) in [5, 5.41) is 2.75. The molecule has 2 aromatic rings. The van der Waals surface area contributed by atoms with Crippen LogP contribution in [-0.4, -0.2) is 30.2 Å². The van der Waals surface area contributed by atoms with Gasteiger partial charge in [-0.15, -0.1) is 0 Å². The number of hydrogen-bond donors (Lipinski definition) is 1. The number of nitrogens with one attached hydrogen (secondary N) is 1. The minimum atomic E-state index is -0.591. The van der Waals surface area contributed by atoms with Crippen molar-refractivity contribution in [1.29, 1.82) is 0 Å². The van der Waals surface area contributed by atoms with Crippen molar-refractivity contribution in [3.05, 3.63) is 54.1 Å². The number of benzene rings is 2. The Hall–Kier alpha value is -3.15. The number of hydrogen-bond acceptors (Lipinski definition) is 4. The van der Waals surface area contributed by atoms with Crippen molar-refractivity contribution in [3.8, 4) is 5.75 Å². The minimum absolute atomic E-state index is 0.110. The largest absolute Gasteiger partial charge is 0.479 e. The van der Waals surface area contributed by atoms with Crippen LogP contribution >= 0.6 is 0 Å². The molecule has 6 nitrogen and oxygen atoms in total. The minimum Gasteiger partial charge on any atom is -0.479 e. The summed E-state index contributed by atoms with van der Waals surface area (Å²) in [5.41, 5.74) is 1.60. The van der Waals surface area contributed by atoms with Crippen LogP contribution in [0.1, 0.15) is 30.6 Å². The molecule has 2 amide bonds. The third-order valence-electron chi connectivity index (χ3n) is 4.22. The monoisotopic (exact) mass is 352 g/mol. The summed E-state index contributed by atoms with van der Waals surface area (Å²) < 4.78 is 5.59. The normalized spacial score (nSPS) is 15.8. The number of anilines is 2. The maximum absolute atomic E-state index is 12.4. The van der Waals surface area contributed by atoms with Crippen molar-refractivity contribution < 1.29 is 19.1 Å². The van der Waals surface area contributed by atoms with Crippen molar-refractivity contribution in [2.24, 2.45) is 0 Å². The quantitative estimate of drug-likeness (QED) is 0.839. The molecule has 1 atom stereocenters. The van der Waals surface area contributed by atoms with Gasteiger partial charge in [0.05, 0.1) is 11.4 Å². The van der Waals surface area contributed by atoms with Gasteiger partial charge in [-0.1, -0.05) is 24.3 Å². The lowest BCUT2D eigenvalue weighted by Crippen LogP contribution is -2.45. The highest BCUT2D eigenvalue weighted by atomic mass is 16.5. The Balaban J connectivity index is 1.70. The number of carbonyl (C=O) groups excluding carboxylic acids is 3. The number of amides is 2. The molecule has 2 aromatic carbocycles. The number of ether oxygens (including phenoxy) is 1. The van der Waals surface area contributed by atoms with Crippen molar-refractivity contribution in [2.45, 2.75) is 26.4 Å². The highest BCUT2D eigenvalue weighted by Gasteiger charge is 2.31. The second-order valence-electron chi connectivity index (χ2n) is 6.12. The van der Waals surface area contributed by atoms with Crippen LogP contribution in [0, 0.1) is 0 Å². The van der Waals surface area contributed by atoms with Crippen LogP contribution in [0.5, 0.6) is 5.75 Å². The van der Waals surface area contributed by atoms with E-state index in [0.29, 0.717) is 22.7 Å². The van der Waals surface area contributed by atoms with E-state index in [1.54, 1.807) is 48.2 Å². The maximum atomic E-state index is 12.4. The maximum Gasteiger partial charge on any atom is 0.267 e. The molecule has 26 heavy (non-hydrogen) atoms. The zero-order chi connectivity index (χ0) is 18.7. The van der Waals surface area contributed by atoms with Gasteiger partial charge in [-0.25, -0.2) is 0 Å². The second-order valence-corrected chi connectivity index (χ2v) is 6.12. The van der Waals surface area contributed by atoms with Gasteiger partial charge < -0.3 is 15.0 Å². The topological polar surface area (TPSA) is 75.7 Å². The molecule has 3 rings (SSSR count). The van der Waals surface area contributed by atoms with E-state index in [2.05, 4.69) is 5.32 Å². The SMILES string of the molecule is CC(=O)c1ccccc1NC(=O)CCN1C(=O)[C@H](C)Oc2ccccc21. The molecule has 1 heterocycles. The van der Waals surface area contributed by atoms with Gasteiger partial charge in [-0.3, -0.25) is 14.4 Å². The Kier molecular flexibility index (Phi) is 5.02. The van der Waals surface area contributed by atoms with Gasteiger partial charge in [-0.2, -0.15) is 0 Å². The molecule has 6 heteroatoms. The second kappa shape index (κ2) is 7.39. The summed E-state index contributed by atoms with van der Waals surface area (Å²) in [5.74, 6) is 0.0673. The van der Waals surface area contributed by atoms with Crippen molar-refractivity contribution in [3.63, 3.8) is 0 Å². The lowest BCUT2D eigenvalue weighted by molar-refractivity contribution is -0.125. The number of rotatable bonds is 5. The van der Waals surface area contributed by atoms with E-state index in [1.165, 1.54) is 6.92 Å². The number of Topliss-reactive ketones (excluding diaryl/α,β-unsaturated/α-hetero) is 1. The third kappa shape index (κ3) is 3.59. The summed E-state index contributed by atoms with van der Waals surface area (Å²) in [4.78, 5) is 38.0. The summed E-state index contributed by atoms with van der Waals surface area (Å²) in [6.45, 7) is 3.38. The zero-order valence-electron chi connectivity index (χ0n) is 14.7. The third-order valence-corrected chi connectivity index (χ3v) is 4.22. The Morgan fingerprint density at radius 2 is 1.81 bits per heavy atom. The predicted molar refractivity (Wildman–Crippen MR) is 98.6 cm³/mol. The van der Waals surface area contributed by atoms with E-state index in [4.69, 9.17) is 4.74 Å². The van der Waals surface area contributed by atoms with E-state index < -0.39 is 6.10 Å². The Morgan fingerprint density at radius 1 is 1.12 bits per heavy atom. The molecule has 0 unspecified atom stereocenters. The lowest BCUT2D eigenvalue weighted by atomic mass is 10.1. The average Bonchev–Trinajstić information content (AvgIpc) is 2.62. The molecule has 1 aliphatic heterocycles. The van der Waals surface area contributed by atoms with Crippen LogP contribution in [0.15, 0.2) is 48.5 Å². The lowest BCUT2D eigenvalue weighted by Gasteiger charge is -2.32. The number of carbonyl (C=O) groups is 3. The molecule has 0 spiro atoms. The number of nitrogens with zero attached hydrogens (tertiary/aromatic N) is 1. The predicted octanol–water partition coefficient (Wildman–Crippen LogP) is 3.03. The van der Waals surface area contributed by atoms with E-state index in [1.807, 2.05) is 12.1 Å². The molecule has 1 aliphatic rings. The van der Waals surface area contributed by atoms with Gasteiger partial charge in [0, 0.05) is 18.5 Å². The van der Waals surface area contributed by atoms with Crippen LogP contribution in [0.2, 0.25) is 0 Å². The number of para-hydroxylation sites is 3. The molecule has 0 fully saturated rings. The van der Waals surface area contributed by atoms with Gasteiger partial charge in [0.1, 0.15) is 5.75 Å². The molecule has 0 radical (unpaired) electrons. The van der Waals surface area contributed by atoms with Gasteiger partial charge in [0.15, 0.2) is 11.9 Å². The molecule has 0 aliphatic carbocycles. The van der Waals surface area contributed by atoms with E-state index in [9.17, 15) is 14.4 Å². The Morgan fingerprint density at radius 3 is 2.58 bits per heavy atom. The highest BCUT2D eigenvalue weighted by Crippen LogP contribution is 2.33. The Bertz CT molecular complexity index is 862. The number of ketones is 1. The molecular formula is C20H20N2O4. The summed E-state index contributed by atoms with van der Waals surface area (Å²) in [6, 6.07) is 14.1. The fourth-order valence-corrected chi connectivity index (χ4v) is 2.91. The van der Waals surface area contributed by atoms with E-state index in [-0.39, 0.29) is 30.6 Å². The first kappa shape index (κ1) is 17.7. The number of fused-ring (bicyclic) bond motifs is 1. The van der Waals surface area contributed by atoms with Crippen molar-refractivity contribution in [1.82, 2.24) is 0 Å². The summed E-state index contributed by atoms with van der Waals surface area (Å²) in [6.07, 6.45) is -0.481.